The van der Waals surface area contributed by atoms with Crippen LogP contribution in [0.2, 0.25) is 0 Å². The van der Waals surface area contributed by atoms with Crippen molar-refractivity contribution in [1.29, 1.82) is 0 Å². The number of phenolic OH excluding ortho intramolecular Hbond substituents is 2. The lowest BCUT2D eigenvalue weighted by Crippen LogP contribution is -1.96. The molecule has 2 aromatic heterocycles. The number of aryl methyl sites for hydroxylation is 4. The fourth-order valence-electron chi connectivity index (χ4n) is 5.40. The summed E-state index contributed by atoms with van der Waals surface area (Å²) < 4.78 is 4.24. The molecule has 2 N–H and O–H groups in total. The number of rotatable bonds is 1. The third-order valence-electron chi connectivity index (χ3n) is 6.96. The van der Waals surface area contributed by atoms with Crippen LogP contribution in [0.4, 0.5) is 0 Å². The number of nitrogens with zero attached hydrogens (tertiary/aromatic N) is 2. The number of fused-ring (bicyclic) bond motifs is 6. The van der Waals surface area contributed by atoms with Gasteiger partial charge < -0.3 is 19.3 Å². The van der Waals surface area contributed by atoms with Crippen molar-refractivity contribution in [3.63, 3.8) is 0 Å². The largest absolute Gasteiger partial charge is 0.507 e. The van der Waals surface area contributed by atoms with Crippen LogP contribution in [0.5, 0.6) is 11.5 Å². The number of aromatic nitrogens is 2. The van der Waals surface area contributed by atoms with Crippen LogP contribution in [-0.4, -0.2) is 19.3 Å². The minimum absolute atomic E-state index is 0.205. The van der Waals surface area contributed by atoms with Gasteiger partial charge in [0.05, 0.1) is 22.2 Å². The standard InChI is InChI=1S/C28H24N2O2/c1-15-13-19-17-9-5-7-11-21(17)29(3)25(19)23(27(15)31)24-26-20(14-16(2)28(24)32)18-10-6-8-12-22(18)30(26)4/h5-14,31-32H,1-4H3. The summed E-state index contributed by atoms with van der Waals surface area (Å²) in [5.41, 5.74) is 6.95. The number of hydrogen-bond acceptors (Lipinski definition) is 2. The van der Waals surface area contributed by atoms with E-state index in [9.17, 15) is 10.2 Å². The van der Waals surface area contributed by atoms with Crippen LogP contribution in [0.25, 0.3) is 54.7 Å². The SMILES string of the molecule is Cc1cc2c3ccccc3n(C)c2c(-c2c(O)c(C)cc3c4ccccc4n(C)c23)c1O. The highest BCUT2D eigenvalue weighted by atomic mass is 16.3. The van der Waals surface area contributed by atoms with Crippen LogP contribution in [0.1, 0.15) is 11.1 Å². The molecule has 0 aliphatic heterocycles. The predicted molar refractivity (Wildman–Crippen MR) is 133 cm³/mol. The fraction of sp³-hybridized carbons (Fsp3) is 0.143. The minimum Gasteiger partial charge on any atom is -0.507 e. The molecule has 0 saturated heterocycles. The zero-order valence-corrected chi connectivity index (χ0v) is 18.6. The van der Waals surface area contributed by atoms with Gasteiger partial charge in [-0.2, -0.15) is 0 Å². The van der Waals surface area contributed by atoms with E-state index < -0.39 is 0 Å². The Bertz CT molecular complexity index is 1600. The van der Waals surface area contributed by atoms with Crippen LogP contribution in [-0.2, 0) is 14.1 Å². The van der Waals surface area contributed by atoms with Gasteiger partial charge in [0.15, 0.2) is 0 Å². The zero-order chi connectivity index (χ0) is 22.3. The number of benzene rings is 4. The Hall–Kier alpha value is -3.92. The van der Waals surface area contributed by atoms with Gasteiger partial charge in [0, 0.05) is 46.7 Å². The van der Waals surface area contributed by atoms with Gasteiger partial charge in [-0.1, -0.05) is 36.4 Å². The van der Waals surface area contributed by atoms with E-state index in [1.807, 2.05) is 64.3 Å². The molecule has 4 aromatic carbocycles. The van der Waals surface area contributed by atoms with Crippen molar-refractivity contribution in [3.8, 4) is 22.6 Å². The predicted octanol–water partition coefficient (Wildman–Crippen LogP) is 6.67. The third-order valence-corrected chi connectivity index (χ3v) is 6.96. The van der Waals surface area contributed by atoms with Gasteiger partial charge in [0.2, 0.25) is 0 Å². The summed E-state index contributed by atoms with van der Waals surface area (Å²) in [7, 11) is 4.04. The van der Waals surface area contributed by atoms with Gasteiger partial charge in [0.25, 0.3) is 0 Å². The molecule has 0 bridgehead atoms. The number of phenols is 2. The molecule has 4 nitrogen and oxygen atoms in total. The van der Waals surface area contributed by atoms with E-state index in [0.717, 1.165) is 54.7 Å². The Morgan fingerprint density at radius 2 is 0.938 bits per heavy atom. The Kier molecular flexibility index (Phi) is 3.70. The molecule has 158 valence electrons. The summed E-state index contributed by atoms with van der Waals surface area (Å²) >= 11 is 0. The van der Waals surface area contributed by atoms with Crippen molar-refractivity contribution in [2.75, 3.05) is 0 Å². The summed E-state index contributed by atoms with van der Waals surface area (Å²) in [6, 6.07) is 20.6. The van der Waals surface area contributed by atoms with Crippen LogP contribution in [0.3, 0.4) is 0 Å². The van der Waals surface area contributed by atoms with Crippen molar-refractivity contribution in [3.05, 3.63) is 71.8 Å². The van der Waals surface area contributed by atoms with Crippen molar-refractivity contribution in [2.24, 2.45) is 14.1 Å². The number of hydrogen-bond donors (Lipinski definition) is 2. The second-order valence-corrected chi connectivity index (χ2v) is 8.78. The molecular formula is C28H24N2O2. The lowest BCUT2D eigenvalue weighted by atomic mass is 9.93. The molecule has 0 atom stereocenters. The van der Waals surface area contributed by atoms with Crippen molar-refractivity contribution in [1.82, 2.24) is 9.13 Å². The molecule has 32 heavy (non-hydrogen) atoms. The van der Waals surface area contributed by atoms with Crippen molar-refractivity contribution < 1.29 is 10.2 Å². The molecule has 0 aliphatic rings. The average molecular weight is 421 g/mol. The Morgan fingerprint density at radius 3 is 1.34 bits per heavy atom. The molecule has 0 radical (unpaired) electrons. The molecule has 0 amide bonds. The second kappa shape index (κ2) is 6.30. The molecule has 4 heteroatoms. The number of aromatic hydroxyl groups is 2. The topological polar surface area (TPSA) is 50.3 Å². The maximum Gasteiger partial charge on any atom is 0.128 e. The first-order chi connectivity index (χ1) is 15.4. The molecular weight excluding hydrogens is 396 g/mol. The van der Waals surface area contributed by atoms with Gasteiger partial charge in [0.1, 0.15) is 11.5 Å². The summed E-state index contributed by atoms with van der Waals surface area (Å²) in [6.07, 6.45) is 0. The van der Waals surface area contributed by atoms with Gasteiger partial charge in [-0.05, 0) is 49.2 Å². The number of para-hydroxylation sites is 2. The zero-order valence-electron chi connectivity index (χ0n) is 18.6. The third kappa shape index (κ3) is 2.21. The highest BCUT2D eigenvalue weighted by Gasteiger charge is 2.25. The maximum absolute atomic E-state index is 11.4. The van der Waals surface area contributed by atoms with Gasteiger partial charge in [-0.3, -0.25) is 0 Å². The summed E-state index contributed by atoms with van der Waals surface area (Å²) in [6.45, 7) is 3.84. The van der Waals surface area contributed by atoms with E-state index >= 15 is 0 Å². The smallest absolute Gasteiger partial charge is 0.128 e. The molecule has 0 spiro atoms. The average Bonchev–Trinajstić information content (AvgIpc) is 3.23. The highest BCUT2D eigenvalue weighted by molar-refractivity contribution is 6.20. The maximum atomic E-state index is 11.4. The van der Waals surface area contributed by atoms with Crippen molar-refractivity contribution >= 4 is 43.6 Å². The van der Waals surface area contributed by atoms with Crippen LogP contribution >= 0.6 is 0 Å². The molecule has 0 unspecified atom stereocenters. The van der Waals surface area contributed by atoms with E-state index in [4.69, 9.17) is 0 Å². The normalized spacial score (nSPS) is 12.0. The molecule has 0 fully saturated rings. The van der Waals surface area contributed by atoms with E-state index in [2.05, 4.69) is 33.4 Å². The molecule has 6 rings (SSSR count). The Balaban J connectivity index is 1.93. The molecule has 2 heterocycles. The van der Waals surface area contributed by atoms with E-state index in [-0.39, 0.29) is 11.5 Å². The Labute approximate surface area is 185 Å². The minimum atomic E-state index is 0.205. The molecule has 6 aromatic rings. The first-order valence-corrected chi connectivity index (χ1v) is 10.8. The van der Waals surface area contributed by atoms with Gasteiger partial charge >= 0.3 is 0 Å². The van der Waals surface area contributed by atoms with Gasteiger partial charge in [-0.25, -0.2) is 0 Å². The fourth-order valence-corrected chi connectivity index (χ4v) is 5.40. The lowest BCUT2D eigenvalue weighted by Gasteiger charge is -2.17. The van der Waals surface area contributed by atoms with Gasteiger partial charge in [-0.15, -0.1) is 0 Å². The van der Waals surface area contributed by atoms with E-state index in [0.29, 0.717) is 11.1 Å². The van der Waals surface area contributed by atoms with Crippen LogP contribution in [0.15, 0.2) is 60.7 Å². The monoisotopic (exact) mass is 420 g/mol. The quantitative estimate of drug-likeness (QED) is 0.312. The summed E-state index contributed by atoms with van der Waals surface area (Å²) in [4.78, 5) is 0. The van der Waals surface area contributed by atoms with Crippen LogP contribution in [0, 0.1) is 13.8 Å². The molecule has 0 saturated carbocycles. The second-order valence-electron chi connectivity index (χ2n) is 8.78. The van der Waals surface area contributed by atoms with Crippen molar-refractivity contribution in [2.45, 2.75) is 13.8 Å². The van der Waals surface area contributed by atoms with E-state index in [1.165, 1.54) is 0 Å². The van der Waals surface area contributed by atoms with E-state index in [1.54, 1.807) is 0 Å². The Morgan fingerprint density at radius 1 is 0.562 bits per heavy atom. The highest BCUT2D eigenvalue weighted by Crippen LogP contribution is 2.50. The summed E-state index contributed by atoms with van der Waals surface area (Å²) in [5.74, 6) is 0.409. The molecule has 0 aliphatic carbocycles. The summed E-state index contributed by atoms with van der Waals surface area (Å²) in [5, 5.41) is 27.2. The first kappa shape index (κ1) is 18.8. The lowest BCUT2D eigenvalue weighted by molar-refractivity contribution is 0.466. The first-order valence-electron chi connectivity index (χ1n) is 10.8. The van der Waals surface area contributed by atoms with Crippen LogP contribution < -0.4 is 0 Å².